The highest BCUT2D eigenvalue weighted by Crippen LogP contribution is 2.34. The monoisotopic (exact) mass is 327 g/mol. The van der Waals surface area contributed by atoms with Gasteiger partial charge in [0.15, 0.2) is 0 Å². The summed E-state index contributed by atoms with van der Waals surface area (Å²) in [6.07, 6.45) is 0. The van der Waals surface area contributed by atoms with Gasteiger partial charge >= 0.3 is 0 Å². The van der Waals surface area contributed by atoms with E-state index >= 15 is 0 Å². The number of aliphatic hydroxyl groups is 1. The van der Waals surface area contributed by atoms with Gasteiger partial charge in [-0.2, -0.15) is 0 Å². The SMILES string of the molecule is COc1ccccc1N(C)S(=O)(=O)c1cc(C)c(CO)s1. The molecular formula is C14H17NO4S2. The number of benzene rings is 1. The van der Waals surface area contributed by atoms with Crippen molar-refractivity contribution in [3.05, 3.63) is 40.8 Å². The summed E-state index contributed by atoms with van der Waals surface area (Å²) in [5.74, 6) is 0.485. The molecule has 2 aromatic rings. The third kappa shape index (κ3) is 2.90. The average Bonchev–Trinajstić information content (AvgIpc) is 2.88. The van der Waals surface area contributed by atoms with E-state index < -0.39 is 10.0 Å². The van der Waals surface area contributed by atoms with Crippen LogP contribution in [0, 0.1) is 6.92 Å². The van der Waals surface area contributed by atoms with Gasteiger partial charge in [0.2, 0.25) is 0 Å². The summed E-state index contributed by atoms with van der Waals surface area (Å²) in [6, 6.07) is 8.51. The molecule has 1 aromatic carbocycles. The maximum absolute atomic E-state index is 12.7. The zero-order chi connectivity index (χ0) is 15.6. The smallest absolute Gasteiger partial charge is 0.273 e. The number of thiophene rings is 1. The van der Waals surface area contributed by atoms with E-state index in [9.17, 15) is 13.5 Å². The molecule has 5 nitrogen and oxygen atoms in total. The fourth-order valence-corrected chi connectivity index (χ4v) is 4.75. The van der Waals surface area contributed by atoms with Crippen molar-refractivity contribution in [2.45, 2.75) is 17.7 Å². The van der Waals surface area contributed by atoms with Crippen LogP contribution in [0.2, 0.25) is 0 Å². The number of rotatable bonds is 5. The first-order valence-electron chi connectivity index (χ1n) is 6.24. The van der Waals surface area contributed by atoms with Crippen LogP contribution in [0.3, 0.4) is 0 Å². The summed E-state index contributed by atoms with van der Waals surface area (Å²) in [7, 11) is -0.690. The lowest BCUT2D eigenvalue weighted by Crippen LogP contribution is -2.26. The lowest BCUT2D eigenvalue weighted by atomic mass is 10.3. The second kappa shape index (κ2) is 6.05. The predicted molar refractivity (Wildman–Crippen MR) is 83.6 cm³/mol. The molecule has 0 aliphatic rings. The van der Waals surface area contributed by atoms with Gasteiger partial charge in [0.25, 0.3) is 10.0 Å². The molecule has 1 N–H and O–H groups in total. The number of aliphatic hydroxyl groups excluding tert-OH is 1. The Morgan fingerprint density at radius 1 is 1.33 bits per heavy atom. The van der Waals surface area contributed by atoms with Gasteiger partial charge in [-0.15, -0.1) is 11.3 Å². The van der Waals surface area contributed by atoms with Crippen molar-refractivity contribution in [2.24, 2.45) is 0 Å². The van der Waals surface area contributed by atoms with Crippen molar-refractivity contribution in [2.75, 3.05) is 18.5 Å². The van der Waals surface area contributed by atoms with Crippen LogP contribution in [0.15, 0.2) is 34.5 Å². The van der Waals surface area contributed by atoms with E-state index in [1.165, 1.54) is 18.5 Å². The third-order valence-corrected chi connectivity index (χ3v) is 6.62. The van der Waals surface area contributed by atoms with E-state index in [4.69, 9.17) is 4.74 Å². The summed E-state index contributed by atoms with van der Waals surface area (Å²) in [5.41, 5.74) is 1.24. The van der Waals surface area contributed by atoms with E-state index in [0.29, 0.717) is 16.3 Å². The van der Waals surface area contributed by atoms with Gasteiger partial charge in [0, 0.05) is 11.9 Å². The van der Waals surface area contributed by atoms with Gasteiger partial charge < -0.3 is 9.84 Å². The quantitative estimate of drug-likeness (QED) is 0.915. The summed E-state index contributed by atoms with van der Waals surface area (Å²) < 4.78 is 32.0. The molecule has 0 saturated heterocycles. The van der Waals surface area contributed by atoms with Crippen molar-refractivity contribution < 1.29 is 18.3 Å². The minimum Gasteiger partial charge on any atom is -0.495 e. The minimum atomic E-state index is -3.68. The molecule has 114 valence electrons. The van der Waals surface area contributed by atoms with E-state index in [-0.39, 0.29) is 10.8 Å². The number of sulfonamides is 1. The Hall–Kier alpha value is -1.57. The molecule has 0 aliphatic carbocycles. The number of hydrogen-bond acceptors (Lipinski definition) is 5. The number of methoxy groups -OCH3 is 1. The maximum Gasteiger partial charge on any atom is 0.273 e. The Balaban J connectivity index is 2.47. The Morgan fingerprint density at radius 3 is 2.57 bits per heavy atom. The van der Waals surface area contributed by atoms with Crippen molar-refractivity contribution in [3.63, 3.8) is 0 Å². The van der Waals surface area contributed by atoms with Crippen molar-refractivity contribution in [1.82, 2.24) is 0 Å². The molecule has 0 spiro atoms. The lowest BCUT2D eigenvalue weighted by Gasteiger charge is -2.20. The second-order valence-electron chi connectivity index (χ2n) is 4.47. The molecule has 0 amide bonds. The number of hydrogen-bond donors (Lipinski definition) is 1. The summed E-state index contributed by atoms with van der Waals surface area (Å²) >= 11 is 1.08. The van der Waals surface area contributed by atoms with E-state index in [0.717, 1.165) is 16.9 Å². The second-order valence-corrected chi connectivity index (χ2v) is 7.81. The molecule has 0 aliphatic heterocycles. The zero-order valence-electron chi connectivity index (χ0n) is 12.0. The average molecular weight is 327 g/mol. The number of ether oxygens (including phenoxy) is 1. The fraction of sp³-hybridized carbons (Fsp3) is 0.286. The Morgan fingerprint density at radius 2 is 2.00 bits per heavy atom. The van der Waals surface area contributed by atoms with Crippen LogP contribution in [0.5, 0.6) is 5.75 Å². The fourth-order valence-electron chi connectivity index (χ4n) is 1.93. The van der Waals surface area contributed by atoms with Crippen LogP contribution in [-0.4, -0.2) is 27.7 Å². The van der Waals surface area contributed by atoms with Gasteiger partial charge in [-0.1, -0.05) is 12.1 Å². The largest absolute Gasteiger partial charge is 0.495 e. The van der Waals surface area contributed by atoms with Crippen LogP contribution in [0.4, 0.5) is 5.69 Å². The first-order valence-corrected chi connectivity index (χ1v) is 8.49. The van der Waals surface area contributed by atoms with Crippen molar-refractivity contribution in [1.29, 1.82) is 0 Å². The van der Waals surface area contributed by atoms with E-state index in [1.807, 2.05) is 0 Å². The Bertz CT molecular complexity index is 737. The molecule has 0 radical (unpaired) electrons. The van der Waals surface area contributed by atoms with E-state index in [1.54, 1.807) is 37.3 Å². The minimum absolute atomic E-state index is 0.162. The van der Waals surface area contributed by atoms with Gasteiger partial charge in [0.05, 0.1) is 19.4 Å². The highest BCUT2D eigenvalue weighted by Gasteiger charge is 2.26. The molecule has 7 heteroatoms. The van der Waals surface area contributed by atoms with Gasteiger partial charge in [0.1, 0.15) is 9.96 Å². The van der Waals surface area contributed by atoms with Crippen LogP contribution >= 0.6 is 11.3 Å². The van der Waals surface area contributed by atoms with Crippen LogP contribution in [0.25, 0.3) is 0 Å². The van der Waals surface area contributed by atoms with E-state index in [2.05, 4.69) is 0 Å². The molecule has 1 aromatic heterocycles. The number of nitrogens with zero attached hydrogens (tertiary/aromatic N) is 1. The molecule has 0 unspecified atom stereocenters. The first-order chi connectivity index (χ1) is 9.91. The maximum atomic E-state index is 12.7. The molecule has 0 fully saturated rings. The predicted octanol–water partition coefficient (Wildman–Crippen LogP) is 2.38. The topological polar surface area (TPSA) is 66.8 Å². The summed E-state index contributed by atoms with van der Waals surface area (Å²) in [5, 5.41) is 9.22. The van der Waals surface area contributed by atoms with Gasteiger partial charge in [-0.25, -0.2) is 8.42 Å². The van der Waals surface area contributed by atoms with Crippen molar-refractivity contribution >= 4 is 27.0 Å². The molecule has 0 saturated carbocycles. The molecule has 1 heterocycles. The van der Waals surface area contributed by atoms with Crippen LogP contribution in [0.1, 0.15) is 10.4 Å². The Labute approximate surface area is 128 Å². The normalized spacial score (nSPS) is 11.4. The highest BCUT2D eigenvalue weighted by molar-refractivity contribution is 7.94. The zero-order valence-corrected chi connectivity index (χ0v) is 13.7. The highest BCUT2D eigenvalue weighted by atomic mass is 32.2. The number of aryl methyl sites for hydroxylation is 1. The van der Waals surface area contributed by atoms with Gasteiger partial charge in [-0.05, 0) is 30.7 Å². The molecular weight excluding hydrogens is 310 g/mol. The molecule has 0 atom stereocenters. The molecule has 21 heavy (non-hydrogen) atoms. The Kier molecular flexibility index (Phi) is 4.55. The lowest BCUT2D eigenvalue weighted by molar-refractivity contribution is 0.285. The van der Waals surface area contributed by atoms with Crippen molar-refractivity contribution in [3.8, 4) is 5.75 Å². The van der Waals surface area contributed by atoms with Crippen LogP contribution < -0.4 is 9.04 Å². The van der Waals surface area contributed by atoms with Crippen LogP contribution in [-0.2, 0) is 16.6 Å². The number of para-hydroxylation sites is 2. The standard InChI is InChI=1S/C14H17NO4S2/c1-10-8-14(20-13(10)9-16)21(17,18)15(2)11-6-4-5-7-12(11)19-3/h4-8,16H,9H2,1-3H3. The van der Waals surface area contributed by atoms with Gasteiger partial charge in [-0.3, -0.25) is 4.31 Å². The molecule has 0 bridgehead atoms. The molecule has 2 rings (SSSR count). The summed E-state index contributed by atoms with van der Waals surface area (Å²) in [6.45, 7) is 1.62. The number of anilines is 1. The first kappa shape index (κ1) is 15.8. The third-order valence-electron chi connectivity index (χ3n) is 3.18. The summed E-state index contributed by atoms with van der Waals surface area (Å²) in [4.78, 5) is 0.655.